The number of carbonyl (C=O) groups is 1. The zero-order valence-electron chi connectivity index (χ0n) is 20.7. The summed E-state index contributed by atoms with van der Waals surface area (Å²) in [6.45, 7) is 2.95. The van der Waals surface area contributed by atoms with Gasteiger partial charge in [-0.2, -0.15) is 0 Å². The Bertz CT molecular complexity index is 1410. The highest BCUT2D eigenvalue weighted by Gasteiger charge is 2.29. The van der Waals surface area contributed by atoms with Crippen molar-refractivity contribution in [2.75, 3.05) is 6.61 Å². The molecule has 0 aliphatic heterocycles. The summed E-state index contributed by atoms with van der Waals surface area (Å²) >= 11 is 0. The summed E-state index contributed by atoms with van der Waals surface area (Å²) in [5.74, 6) is 4.41. The van der Waals surface area contributed by atoms with E-state index in [9.17, 15) is 18.0 Å². The minimum atomic E-state index is -1.10. The van der Waals surface area contributed by atoms with Crippen LogP contribution in [0.15, 0.2) is 112 Å². The summed E-state index contributed by atoms with van der Waals surface area (Å²) in [5, 5.41) is 0. The summed E-state index contributed by atoms with van der Waals surface area (Å²) in [6.07, 6.45) is 0. The standard InChI is InChI=1S/C31H24F3O3S/c1-31(2,19-18-22-4-3-5-25(34)20-22)37-30(35)21-36-26-10-16-29(17-11-26)38(27-12-6-23(32)7-13-27)28-14-8-24(33)9-15-28/h3-17,20H,21H2,1-2H3/q+1. The number of carbonyl (C=O) groups excluding carboxylic acids is 1. The van der Waals surface area contributed by atoms with E-state index in [0.29, 0.717) is 11.3 Å². The van der Waals surface area contributed by atoms with Crippen LogP contribution in [0.2, 0.25) is 0 Å². The highest BCUT2D eigenvalue weighted by molar-refractivity contribution is 7.97. The van der Waals surface area contributed by atoms with E-state index in [1.54, 1.807) is 62.4 Å². The molecule has 192 valence electrons. The van der Waals surface area contributed by atoms with Crippen LogP contribution in [-0.4, -0.2) is 18.2 Å². The molecule has 4 aromatic rings. The number of hydrogen-bond donors (Lipinski definition) is 0. The molecule has 0 saturated carbocycles. The highest BCUT2D eigenvalue weighted by Crippen LogP contribution is 2.32. The number of hydrogen-bond acceptors (Lipinski definition) is 3. The quantitative estimate of drug-likeness (QED) is 0.147. The molecule has 0 saturated heterocycles. The van der Waals surface area contributed by atoms with Crippen LogP contribution >= 0.6 is 0 Å². The predicted molar refractivity (Wildman–Crippen MR) is 140 cm³/mol. The van der Waals surface area contributed by atoms with Crippen molar-refractivity contribution in [1.29, 1.82) is 0 Å². The summed E-state index contributed by atoms with van der Waals surface area (Å²) in [7, 11) is -0.605. The smallest absolute Gasteiger partial charge is 0.345 e. The van der Waals surface area contributed by atoms with Gasteiger partial charge in [0.25, 0.3) is 0 Å². The zero-order valence-corrected chi connectivity index (χ0v) is 21.5. The number of halogens is 3. The van der Waals surface area contributed by atoms with Crippen LogP contribution < -0.4 is 4.74 Å². The lowest BCUT2D eigenvalue weighted by molar-refractivity contribution is -0.154. The third-order valence-corrected chi connectivity index (χ3v) is 7.45. The van der Waals surface area contributed by atoms with Crippen LogP contribution in [-0.2, 0) is 20.4 Å². The first-order valence-corrected chi connectivity index (χ1v) is 12.9. The van der Waals surface area contributed by atoms with Crippen LogP contribution in [0.3, 0.4) is 0 Å². The van der Waals surface area contributed by atoms with Gasteiger partial charge in [0, 0.05) is 5.56 Å². The Morgan fingerprint density at radius 2 is 1.29 bits per heavy atom. The van der Waals surface area contributed by atoms with Gasteiger partial charge < -0.3 is 9.47 Å². The van der Waals surface area contributed by atoms with Crippen molar-refractivity contribution in [3.05, 3.63) is 120 Å². The molecule has 0 atom stereocenters. The molecule has 0 aromatic heterocycles. The Morgan fingerprint density at radius 1 is 0.763 bits per heavy atom. The number of ether oxygens (including phenoxy) is 2. The average molecular weight is 534 g/mol. The Kier molecular flexibility index (Phi) is 8.45. The maximum Gasteiger partial charge on any atom is 0.345 e. The second kappa shape index (κ2) is 11.9. The molecule has 4 aromatic carbocycles. The van der Waals surface area contributed by atoms with Crippen molar-refractivity contribution in [2.45, 2.75) is 34.1 Å². The van der Waals surface area contributed by atoms with Crippen molar-refractivity contribution >= 4 is 16.9 Å². The van der Waals surface area contributed by atoms with Crippen LogP contribution in [0.4, 0.5) is 13.2 Å². The summed E-state index contributed by atoms with van der Waals surface area (Å²) in [6, 6.07) is 25.4. The molecule has 38 heavy (non-hydrogen) atoms. The molecule has 0 N–H and O–H groups in total. The Labute approximate surface area is 222 Å². The van der Waals surface area contributed by atoms with Gasteiger partial charge in [0.15, 0.2) is 26.9 Å². The zero-order chi connectivity index (χ0) is 27.1. The van der Waals surface area contributed by atoms with Crippen molar-refractivity contribution in [3.63, 3.8) is 0 Å². The lowest BCUT2D eigenvalue weighted by Gasteiger charge is -2.19. The maximum absolute atomic E-state index is 13.5. The van der Waals surface area contributed by atoms with Crippen molar-refractivity contribution < 1.29 is 27.4 Å². The molecule has 0 bridgehead atoms. The van der Waals surface area contributed by atoms with Gasteiger partial charge in [0.2, 0.25) is 0 Å². The normalized spacial score (nSPS) is 11.0. The second-order valence-corrected chi connectivity index (χ2v) is 10.7. The van der Waals surface area contributed by atoms with Crippen molar-refractivity contribution in [1.82, 2.24) is 0 Å². The van der Waals surface area contributed by atoms with Crippen LogP contribution in [0.25, 0.3) is 0 Å². The first-order valence-electron chi connectivity index (χ1n) is 11.7. The van der Waals surface area contributed by atoms with E-state index in [2.05, 4.69) is 11.8 Å². The van der Waals surface area contributed by atoms with Gasteiger partial charge in [-0.3, -0.25) is 0 Å². The molecule has 0 amide bonds. The van der Waals surface area contributed by atoms with E-state index < -0.39 is 28.3 Å². The van der Waals surface area contributed by atoms with E-state index in [4.69, 9.17) is 9.47 Å². The first kappa shape index (κ1) is 26.9. The third kappa shape index (κ3) is 7.44. The topological polar surface area (TPSA) is 35.5 Å². The molecular formula is C31H24F3O3S+. The fraction of sp³-hybridized carbons (Fsp3) is 0.129. The summed E-state index contributed by atoms with van der Waals surface area (Å²) in [4.78, 5) is 15.0. The Morgan fingerprint density at radius 3 is 1.82 bits per heavy atom. The molecule has 0 spiro atoms. The van der Waals surface area contributed by atoms with Crippen LogP contribution in [0, 0.1) is 29.3 Å². The number of esters is 1. The lowest BCUT2D eigenvalue weighted by atomic mass is 10.1. The van der Waals surface area contributed by atoms with Gasteiger partial charge in [-0.15, -0.1) is 0 Å². The Hall–Kier alpha value is -4.15. The molecule has 0 unspecified atom stereocenters. The number of benzene rings is 4. The predicted octanol–water partition coefficient (Wildman–Crippen LogP) is 6.95. The van der Waals surface area contributed by atoms with E-state index in [1.165, 1.54) is 36.4 Å². The van der Waals surface area contributed by atoms with Crippen LogP contribution in [0.5, 0.6) is 5.75 Å². The van der Waals surface area contributed by atoms with Gasteiger partial charge in [0.05, 0.1) is 10.9 Å². The van der Waals surface area contributed by atoms with Crippen LogP contribution in [0.1, 0.15) is 19.4 Å². The van der Waals surface area contributed by atoms with Gasteiger partial charge >= 0.3 is 5.97 Å². The molecule has 7 heteroatoms. The van der Waals surface area contributed by atoms with E-state index in [-0.39, 0.29) is 18.2 Å². The van der Waals surface area contributed by atoms with E-state index >= 15 is 0 Å². The van der Waals surface area contributed by atoms with E-state index in [1.807, 2.05) is 12.1 Å². The Balaban J connectivity index is 1.42. The third-order valence-electron chi connectivity index (χ3n) is 5.22. The monoisotopic (exact) mass is 533 g/mol. The maximum atomic E-state index is 13.5. The minimum absolute atomic E-state index is 0.327. The van der Waals surface area contributed by atoms with E-state index in [0.717, 1.165) is 14.7 Å². The van der Waals surface area contributed by atoms with Gasteiger partial charge in [-0.05, 0) is 105 Å². The molecule has 3 nitrogen and oxygen atoms in total. The molecule has 0 aliphatic carbocycles. The average Bonchev–Trinajstić information content (AvgIpc) is 2.89. The second-order valence-electron chi connectivity index (χ2n) is 8.72. The van der Waals surface area contributed by atoms with Crippen molar-refractivity contribution in [3.8, 4) is 17.6 Å². The first-order chi connectivity index (χ1) is 18.2. The number of rotatable bonds is 7. The van der Waals surface area contributed by atoms with Gasteiger partial charge in [0.1, 0.15) is 23.2 Å². The largest absolute Gasteiger partial charge is 0.482 e. The lowest BCUT2D eigenvalue weighted by Crippen LogP contribution is -2.29. The summed E-state index contributed by atoms with van der Waals surface area (Å²) < 4.78 is 51.4. The molecular weight excluding hydrogens is 509 g/mol. The van der Waals surface area contributed by atoms with Gasteiger partial charge in [-0.25, -0.2) is 18.0 Å². The summed E-state index contributed by atoms with van der Waals surface area (Å²) in [5.41, 5.74) is -0.624. The SMILES string of the molecule is CC(C)(C#Cc1cccc(F)c1)OC(=O)COc1ccc([S+](c2ccc(F)cc2)c2ccc(F)cc2)cc1. The molecule has 4 rings (SSSR count). The molecule has 0 fully saturated rings. The van der Waals surface area contributed by atoms with Gasteiger partial charge in [-0.1, -0.05) is 17.9 Å². The molecule has 0 radical (unpaired) electrons. The minimum Gasteiger partial charge on any atom is -0.482 e. The fourth-order valence-electron chi connectivity index (χ4n) is 3.49. The molecule has 0 aliphatic rings. The van der Waals surface area contributed by atoms with Crippen molar-refractivity contribution in [2.24, 2.45) is 0 Å². The fourth-order valence-corrected chi connectivity index (χ4v) is 5.53. The molecule has 0 heterocycles. The highest BCUT2D eigenvalue weighted by atomic mass is 32.2.